The van der Waals surface area contributed by atoms with E-state index in [0.717, 1.165) is 18.2 Å². The Hall–Kier alpha value is -3.21. The predicted molar refractivity (Wildman–Crippen MR) is 86.6 cm³/mol. The fourth-order valence-corrected chi connectivity index (χ4v) is 2.35. The topological polar surface area (TPSA) is 96.0 Å². The van der Waals surface area contributed by atoms with Gasteiger partial charge in [-0.3, -0.25) is 10.1 Å². The van der Waals surface area contributed by atoms with Crippen LogP contribution in [0.2, 0.25) is 5.02 Å². The van der Waals surface area contributed by atoms with Gasteiger partial charge in [-0.25, -0.2) is 0 Å². The summed E-state index contributed by atoms with van der Waals surface area (Å²) in [5.74, 6) is 0.0883. The Morgan fingerprint density at radius 3 is 2.52 bits per heavy atom. The molecular weight excluding hydrogens is 391 g/mol. The van der Waals surface area contributed by atoms with Crippen molar-refractivity contribution in [2.75, 3.05) is 0 Å². The number of rotatable bonds is 5. The molecular formula is C15H9ClF3N5O3. The molecule has 0 N–H and O–H groups in total. The van der Waals surface area contributed by atoms with Crippen LogP contribution >= 0.6 is 11.6 Å². The van der Waals surface area contributed by atoms with E-state index in [9.17, 15) is 23.3 Å². The molecule has 3 rings (SSSR count). The summed E-state index contributed by atoms with van der Waals surface area (Å²) in [5, 5.41) is 22.1. The molecule has 140 valence electrons. The van der Waals surface area contributed by atoms with Gasteiger partial charge >= 0.3 is 11.9 Å². The SMILES string of the molecule is O=[N+]([O-])c1cc(Cl)ccc1OCc1nnnn1-c1ccc(C(F)(F)F)cc1. The highest BCUT2D eigenvalue weighted by molar-refractivity contribution is 6.30. The van der Waals surface area contributed by atoms with Gasteiger partial charge in [0.15, 0.2) is 18.2 Å². The van der Waals surface area contributed by atoms with Gasteiger partial charge in [0.2, 0.25) is 0 Å². The van der Waals surface area contributed by atoms with E-state index in [1.165, 1.54) is 28.9 Å². The number of hydrogen-bond acceptors (Lipinski definition) is 6. The van der Waals surface area contributed by atoms with Crippen molar-refractivity contribution >= 4 is 17.3 Å². The normalized spacial score (nSPS) is 11.4. The Morgan fingerprint density at radius 2 is 1.89 bits per heavy atom. The summed E-state index contributed by atoms with van der Waals surface area (Å²) < 4.78 is 44.5. The van der Waals surface area contributed by atoms with Crippen molar-refractivity contribution in [2.45, 2.75) is 12.8 Å². The molecule has 0 spiro atoms. The average molecular weight is 400 g/mol. The van der Waals surface area contributed by atoms with E-state index in [0.29, 0.717) is 0 Å². The zero-order valence-electron chi connectivity index (χ0n) is 13.2. The van der Waals surface area contributed by atoms with Crippen molar-refractivity contribution in [1.82, 2.24) is 20.2 Å². The van der Waals surface area contributed by atoms with Crippen LogP contribution in [0.4, 0.5) is 18.9 Å². The maximum absolute atomic E-state index is 12.6. The molecule has 0 atom stereocenters. The second-order valence-electron chi connectivity index (χ2n) is 5.21. The summed E-state index contributed by atoms with van der Waals surface area (Å²) in [4.78, 5) is 10.4. The maximum atomic E-state index is 12.6. The van der Waals surface area contributed by atoms with Crippen LogP contribution in [0, 0.1) is 10.1 Å². The van der Waals surface area contributed by atoms with Crippen molar-refractivity contribution in [1.29, 1.82) is 0 Å². The molecule has 0 bridgehead atoms. The number of alkyl halides is 3. The van der Waals surface area contributed by atoms with Gasteiger partial charge in [-0.1, -0.05) is 11.6 Å². The smallest absolute Gasteiger partial charge is 0.416 e. The molecule has 12 heteroatoms. The summed E-state index contributed by atoms with van der Waals surface area (Å²) in [6.45, 7) is -0.253. The Balaban J connectivity index is 1.82. The molecule has 0 aliphatic rings. The van der Waals surface area contributed by atoms with Gasteiger partial charge in [0.25, 0.3) is 0 Å². The first-order chi connectivity index (χ1) is 12.8. The van der Waals surface area contributed by atoms with E-state index in [1.807, 2.05) is 0 Å². The number of benzene rings is 2. The quantitative estimate of drug-likeness (QED) is 0.478. The van der Waals surface area contributed by atoms with Gasteiger partial charge in [-0.15, -0.1) is 5.10 Å². The van der Waals surface area contributed by atoms with Crippen molar-refractivity contribution in [3.8, 4) is 11.4 Å². The second-order valence-corrected chi connectivity index (χ2v) is 5.65. The van der Waals surface area contributed by atoms with Gasteiger partial charge in [0.05, 0.1) is 16.2 Å². The third-order valence-corrected chi connectivity index (χ3v) is 3.68. The summed E-state index contributed by atoms with van der Waals surface area (Å²) in [6, 6.07) is 8.07. The van der Waals surface area contributed by atoms with Gasteiger partial charge in [0, 0.05) is 11.1 Å². The van der Waals surface area contributed by atoms with Crippen LogP contribution in [-0.4, -0.2) is 25.1 Å². The monoisotopic (exact) mass is 399 g/mol. The fourth-order valence-electron chi connectivity index (χ4n) is 2.19. The highest BCUT2D eigenvalue weighted by Crippen LogP contribution is 2.31. The van der Waals surface area contributed by atoms with Crippen molar-refractivity contribution < 1.29 is 22.8 Å². The van der Waals surface area contributed by atoms with Crippen molar-refractivity contribution in [3.05, 3.63) is 69.0 Å². The Labute approximate surface area is 154 Å². The van der Waals surface area contributed by atoms with Crippen LogP contribution < -0.4 is 4.74 Å². The standard InChI is InChI=1S/C15H9ClF3N5O3/c16-10-3-6-13(12(7-10)24(25)26)27-8-14-20-21-22-23(14)11-4-1-9(2-5-11)15(17,18)19/h1-7H,8H2. The molecule has 0 amide bonds. The lowest BCUT2D eigenvalue weighted by molar-refractivity contribution is -0.385. The minimum atomic E-state index is -4.46. The molecule has 8 nitrogen and oxygen atoms in total. The summed E-state index contributed by atoms with van der Waals surface area (Å²) >= 11 is 5.73. The number of aromatic nitrogens is 4. The summed E-state index contributed by atoms with van der Waals surface area (Å²) in [6.07, 6.45) is -4.46. The second kappa shape index (κ2) is 7.19. The van der Waals surface area contributed by atoms with E-state index in [-0.39, 0.29) is 34.6 Å². The molecule has 1 heterocycles. The van der Waals surface area contributed by atoms with Gasteiger partial charge in [-0.05, 0) is 46.8 Å². The lowest BCUT2D eigenvalue weighted by atomic mass is 10.2. The van der Waals surface area contributed by atoms with E-state index in [4.69, 9.17) is 16.3 Å². The number of hydrogen-bond donors (Lipinski definition) is 0. The maximum Gasteiger partial charge on any atom is 0.416 e. The molecule has 0 fully saturated rings. The lowest BCUT2D eigenvalue weighted by Crippen LogP contribution is -2.09. The zero-order chi connectivity index (χ0) is 19.6. The molecule has 0 unspecified atom stereocenters. The molecule has 27 heavy (non-hydrogen) atoms. The van der Waals surface area contributed by atoms with Gasteiger partial charge in [-0.2, -0.15) is 17.9 Å². The molecule has 0 aliphatic carbocycles. The van der Waals surface area contributed by atoms with Crippen LogP contribution in [0.1, 0.15) is 11.4 Å². The van der Waals surface area contributed by atoms with Gasteiger partial charge in [0.1, 0.15) is 0 Å². The minimum absolute atomic E-state index is 0.0497. The summed E-state index contributed by atoms with van der Waals surface area (Å²) in [5.41, 5.74) is -0.873. The summed E-state index contributed by atoms with van der Waals surface area (Å²) in [7, 11) is 0. The first-order valence-corrected chi connectivity index (χ1v) is 7.65. The number of nitro benzene ring substituents is 1. The Kier molecular flexibility index (Phi) is 4.95. The minimum Gasteiger partial charge on any atom is -0.478 e. The third kappa shape index (κ3) is 4.14. The van der Waals surface area contributed by atoms with Crippen LogP contribution in [0.5, 0.6) is 5.75 Å². The van der Waals surface area contributed by atoms with E-state index in [2.05, 4.69) is 15.5 Å². The van der Waals surface area contributed by atoms with Crippen LogP contribution in [0.25, 0.3) is 5.69 Å². The number of halogens is 4. The average Bonchev–Trinajstić information content (AvgIpc) is 3.08. The van der Waals surface area contributed by atoms with Crippen LogP contribution in [0.3, 0.4) is 0 Å². The van der Waals surface area contributed by atoms with Gasteiger partial charge < -0.3 is 4.74 Å². The number of ether oxygens (including phenoxy) is 1. The molecule has 2 aromatic carbocycles. The fraction of sp³-hybridized carbons (Fsp3) is 0.133. The molecule has 0 saturated carbocycles. The lowest BCUT2D eigenvalue weighted by Gasteiger charge is -2.09. The molecule has 0 aliphatic heterocycles. The zero-order valence-corrected chi connectivity index (χ0v) is 14.0. The molecule has 3 aromatic rings. The van der Waals surface area contributed by atoms with E-state index < -0.39 is 16.7 Å². The van der Waals surface area contributed by atoms with E-state index >= 15 is 0 Å². The number of tetrazole rings is 1. The molecule has 1 aromatic heterocycles. The van der Waals surface area contributed by atoms with Crippen LogP contribution in [0.15, 0.2) is 42.5 Å². The molecule has 0 radical (unpaired) electrons. The van der Waals surface area contributed by atoms with Crippen LogP contribution in [-0.2, 0) is 12.8 Å². The Morgan fingerprint density at radius 1 is 1.19 bits per heavy atom. The highest BCUT2D eigenvalue weighted by atomic mass is 35.5. The van der Waals surface area contributed by atoms with Crippen molar-refractivity contribution in [2.24, 2.45) is 0 Å². The largest absolute Gasteiger partial charge is 0.478 e. The predicted octanol–water partition coefficient (Wildman–Crippen LogP) is 3.82. The first kappa shape index (κ1) is 18.6. The molecule has 0 saturated heterocycles. The van der Waals surface area contributed by atoms with E-state index in [1.54, 1.807) is 0 Å². The number of nitro groups is 1. The first-order valence-electron chi connectivity index (χ1n) is 7.27. The number of nitrogens with zero attached hydrogens (tertiary/aromatic N) is 5. The third-order valence-electron chi connectivity index (χ3n) is 3.45. The Bertz CT molecular complexity index is 976. The highest BCUT2D eigenvalue weighted by Gasteiger charge is 2.30. The van der Waals surface area contributed by atoms with Crippen molar-refractivity contribution in [3.63, 3.8) is 0 Å².